The minimum atomic E-state index is 0.127. The molecule has 1 unspecified atom stereocenters. The first kappa shape index (κ1) is 11.7. The Morgan fingerprint density at radius 3 is 3.06 bits per heavy atom. The fraction of sp³-hybridized carbons (Fsp3) is 0.300. The van der Waals surface area contributed by atoms with Crippen molar-refractivity contribution in [3.05, 3.63) is 29.8 Å². The third-order valence-corrected chi connectivity index (χ3v) is 2.59. The Balaban J connectivity index is 2.03. The van der Waals surface area contributed by atoms with E-state index in [-0.39, 0.29) is 11.9 Å². The van der Waals surface area contributed by atoms with Crippen LogP contribution in [0.4, 0.5) is 11.6 Å². The molecule has 2 heterocycles. The summed E-state index contributed by atoms with van der Waals surface area (Å²) in [5.41, 5.74) is 5.59. The van der Waals surface area contributed by atoms with Crippen molar-refractivity contribution in [3.8, 4) is 0 Å². The Bertz CT molecular complexity index is 484. The number of halogens is 1. The van der Waals surface area contributed by atoms with E-state index in [1.165, 1.54) is 6.33 Å². The molecule has 0 saturated heterocycles. The fourth-order valence-electron chi connectivity index (χ4n) is 1.45. The van der Waals surface area contributed by atoms with E-state index in [4.69, 9.17) is 17.3 Å². The molecule has 7 heteroatoms. The van der Waals surface area contributed by atoms with Gasteiger partial charge in [-0.3, -0.25) is 4.68 Å². The van der Waals surface area contributed by atoms with Crippen LogP contribution in [0.2, 0.25) is 5.02 Å². The standard InChI is InChI=1S/C10H13ClN6/c1-7(5-17-4-2-3-15-17)16-10-8(11)9(12)13-6-14-10/h2-4,6-7H,5H2,1H3,(H3,12,13,14,16). The van der Waals surface area contributed by atoms with Crippen molar-refractivity contribution in [2.75, 3.05) is 11.1 Å². The van der Waals surface area contributed by atoms with Crippen LogP contribution in [0, 0.1) is 0 Å². The molecular formula is C10H13ClN6. The number of hydrogen-bond acceptors (Lipinski definition) is 5. The van der Waals surface area contributed by atoms with Crippen LogP contribution in [0.5, 0.6) is 0 Å². The van der Waals surface area contributed by atoms with Crippen LogP contribution in [0.3, 0.4) is 0 Å². The Morgan fingerprint density at radius 2 is 2.35 bits per heavy atom. The average molecular weight is 253 g/mol. The third kappa shape index (κ3) is 2.85. The lowest BCUT2D eigenvalue weighted by Gasteiger charge is -2.15. The predicted octanol–water partition coefficient (Wildman–Crippen LogP) is 1.41. The number of nitrogens with two attached hydrogens (primary N) is 1. The van der Waals surface area contributed by atoms with Gasteiger partial charge in [0.25, 0.3) is 0 Å². The first-order valence-electron chi connectivity index (χ1n) is 5.16. The van der Waals surface area contributed by atoms with E-state index < -0.39 is 0 Å². The molecule has 0 aliphatic carbocycles. The Hall–Kier alpha value is -1.82. The van der Waals surface area contributed by atoms with E-state index in [1.54, 1.807) is 6.20 Å². The van der Waals surface area contributed by atoms with Crippen LogP contribution in [-0.4, -0.2) is 25.8 Å². The molecule has 0 radical (unpaired) electrons. The van der Waals surface area contributed by atoms with Gasteiger partial charge in [0.05, 0.1) is 6.54 Å². The van der Waals surface area contributed by atoms with Gasteiger partial charge in [-0.25, -0.2) is 9.97 Å². The number of nitrogens with zero attached hydrogens (tertiary/aromatic N) is 4. The van der Waals surface area contributed by atoms with Crippen molar-refractivity contribution >= 4 is 23.2 Å². The van der Waals surface area contributed by atoms with Gasteiger partial charge in [0.15, 0.2) is 5.82 Å². The van der Waals surface area contributed by atoms with Gasteiger partial charge in [-0.15, -0.1) is 0 Å². The van der Waals surface area contributed by atoms with Crippen molar-refractivity contribution in [1.82, 2.24) is 19.7 Å². The van der Waals surface area contributed by atoms with Gasteiger partial charge in [0.2, 0.25) is 0 Å². The highest BCUT2D eigenvalue weighted by atomic mass is 35.5. The lowest BCUT2D eigenvalue weighted by Crippen LogP contribution is -2.23. The summed E-state index contributed by atoms with van der Waals surface area (Å²) in [6.07, 6.45) is 5.01. The quantitative estimate of drug-likeness (QED) is 0.860. The van der Waals surface area contributed by atoms with Gasteiger partial charge < -0.3 is 11.1 Å². The maximum Gasteiger partial charge on any atom is 0.150 e. The van der Waals surface area contributed by atoms with Crippen LogP contribution in [-0.2, 0) is 6.54 Å². The predicted molar refractivity (Wildman–Crippen MR) is 66.8 cm³/mol. The van der Waals surface area contributed by atoms with Gasteiger partial charge in [-0.05, 0) is 13.0 Å². The summed E-state index contributed by atoms with van der Waals surface area (Å²) >= 11 is 5.98. The summed E-state index contributed by atoms with van der Waals surface area (Å²) < 4.78 is 1.83. The lowest BCUT2D eigenvalue weighted by molar-refractivity contribution is 0.559. The third-order valence-electron chi connectivity index (χ3n) is 2.22. The highest BCUT2D eigenvalue weighted by Gasteiger charge is 2.09. The molecule has 0 aromatic carbocycles. The van der Waals surface area contributed by atoms with E-state index in [1.807, 2.05) is 23.9 Å². The largest absolute Gasteiger partial charge is 0.382 e. The average Bonchev–Trinajstić information content (AvgIpc) is 2.77. The summed E-state index contributed by atoms with van der Waals surface area (Å²) in [6, 6.07) is 2.00. The molecule has 6 nitrogen and oxygen atoms in total. The molecule has 90 valence electrons. The van der Waals surface area contributed by atoms with Crippen LogP contribution in [0.25, 0.3) is 0 Å². The molecule has 0 fully saturated rings. The number of hydrogen-bond donors (Lipinski definition) is 2. The van der Waals surface area contributed by atoms with Crippen molar-refractivity contribution in [3.63, 3.8) is 0 Å². The molecule has 17 heavy (non-hydrogen) atoms. The highest BCUT2D eigenvalue weighted by Crippen LogP contribution is 2.23. The molecular weight excluding hydrogens is 240 g/mol. The zero-order valence-electron chi connectivity index (χ0n) is 9.34. The zero-order valence-corrected chi connectivity index (χ0v) is 10.1. The smallest absolute Gasteiger partial charge is 0.150 e. The number of nitrogen functional groups attached to an aromatic ring is 1. The van der Waals surface area contributed by atoms with E-state index in [0.717, 1.165) is 0 Å². The van der Waals surface area contributed by atoms with E-state index in [9.17, 15) is 0 Å². The van der Waals surface area contributed by atoms with Gasteiger partial charge >= 0.3 is 0 Å². The van der Waals surface area contributed by atoms with Gasteiger partial charge in [0.1, 0.15) is 17.2 Å². The second-order valence-corrected chi connectivity index (χ2v) is 4.07. The van der Waals surface area contributed by atoms with E-state index in [2.05, 4.69) is 20.4 Å². The second-order valence-electron chi connectivity index (χ2n) is 3.69. The normalized spacial score (nSPS) is 12.4. The molecule has 0 aliphatic rings. The van der Waals surface area contributed by atoms with Gasteiger partial charge in [0, 0.05) is 18.4 Å². The molecule has 1 atom stereocenters. The van der Waals surface area contributed by atoms with E-state index in [0.29, 0.717) is 17.4 Å². The van der Waals surface area contributed by atoms with Crippen molar-refractivity contribution in [2.24, 2.45) is 0 Å². The number of nitrogens with one attached hydrogen (secondary N) is 1. The summed E-state index contributed by atoms with van der Waals surface area (Å²) in [5.74, 6) is 0.814. The number of anilines is 2. The van der Waals surface area contributed by atoms with Crippen LogP contribution >= 0.6 is 11.6 Å². The molecule has 2 aromatic rings. The molecule has 0 bridgehead atoms. The maximum atomic E-state index is 5.98. The molecule has 3 N–H and O–H groups in total. The second kappa shape index (κ2) is 5.01. The molecule has 0 saturated carbocycles. The zero-order chi connectivity index (χ0) is 12.3. The minimum Gasteiger partial charge on any atom is -0.382 e. The maximum absolute atomic E-state index is 5.98. The summed E-state index contributed by atoms with van der Waals surface area (Å²) in [4.78, 5) is 7.84. The summed E-state index contributed by atoms with van der Waals surface area (Å²) in [6.45, 7) is 2.73. The highest BCUT2D eigenvalue weighted by molar-refractivity contribution is 6.35. The molecule has 0 spiro atoms. The molecule has 0 amide bonds. The lowest BCUT2D eigenvalue weighted by atomic mass is 10.3. The van der Waals surface area contributed by atoms with Gasteiger partial charge in [-0.2, -0.15) is 5.10 Å². The first-order chi connectivity index (χ1) is 8.16. The number of aromatic nitrogens is 4. The minimum absolute atomic E-state index is 0.127. The SMILES string of the molecule is CC(Cn1cccn1)Nc1ncnc(N)c1Cl. The molecule has 2 rings (SSSR count). The van der Waals surface area contributed by atoms with E-state index >= 15 is 0 Å². The van der Waals surface area contributed by atoms with Gasteiger partial charge in [-0.1, -0.05) is 11.6 Å². The Kier molecular flexibility index (Phi) is 3.43. The Labute approximate surface area is 104 Å². The van der Waals surface area contributed by atoms with Crippen molar-refractivity contribution in [2.45, 2.75) is 19.5 Å². The summed E-state index contributed by atoms with van der Waals surface area (Å²) in [5, 5.41) is 7.64. The number of rotatable bonds is 4. The monoisotopic (exact) mass is 252 g/mol. The molecule has 0 aliphatic heterocycles. The van der Waals surface area contributed by atoms with Crippen LogP contribution < -0.4 is 11.1 Å². The fourth-order valence-corrected chi connectivity index (χ4v) is 1.60. The molecule has 2 aromatic heterocycles. The van der Waals surface area contributed by atoms with Crippen LogP contribution in [0.1, 0.15) is 6.92 Å². The van der Waals surface area contributed by atoms with Crippen molar-refractivity contribution < 1.29 is 0 Å². The van der Waals surface area contributed by atoms with Crippen molar-refractivity contribution in [1.29, 1.82) is 0 Å². The van der Waals surface area contributed by atoms with Crippen LogP contribution in [0.15, 0.2) is 24.8 Å². The Morgan fingerprint density at radius 1 is 1.53 bits per heavy atom. The first-order valence-corrected chi connectivity index (χ1v) is 5.54. The summed E-state index contributed by atoms with van der Waals surface area (Å²) in [7, 11) is 0. The topological polar surface area (TPSA) is 81.7 Å².